The van der Waals surface area contributed by atoms with Crippen LogP contribution in [0.4, 0.5) is 0 Å². The third kappa shape index (κ3) is 2.27. The highest BCUT2D eigenvalue weighted by Gasteiger charge is 2.22. The average Bonchev–Trinajstić information content (AvgIpc) is 2.47. The Hall–Kier alpha value is -1.95. The standard InChI is InChI=1S/C14H18N4O2/c1-18-5-3-9(4-6-18)11-7-10-12(14(17-11)20-2)15-8-16-13(10)19/h7-9H,3-6H2,1-2H3,(H,15,16,19). The summed E-state index contributed by atoms with van der Waals surface area (Å²) in [5, 5.41) is 10.5. The summed E-state index contributed by atoms with van der Waals surface area (Å²) in [6, 6.07) is 1.89. The smallest absolute Gasteiger partial charge is 0.240 e. The van der Waals surface area contributed by atoms with Gasteiger partial charge in [0.25, 0.3) is 0 Å². The summed E-state index contributed by atoms with van der Waals surface area (Å²) in [6.45, 7) is 2.12. The lowest BCUT2D eigenvalue weighted by atomic mass is 9.93. The van der Waals surface area contributed by atoms with Crippen molar-refractivity contribution in [1.29, 1.82) is 0 Å². The first kappa shape index (κ1) is 13.1. The third-order valence-electron chi connectivity index (χ3n) is 3.92. The fourth-order valence-corrected chi connectivity index (χ4v) is 2.70. The maximum Gasteiger partial charge on any atom is 0.240 e. The molecule has 0 atom stereocenters. The van der Waals surface area contributed by atoms with Gasteiger partial charge >= 0.3 is 0 Å². The van der Waals surface area contributed by atoms with Crippen molar-refractivity contribution in [2.45, 2.75) is 18.8 Å². The van der Waals surface area contributed by atoms with Crippen molar-refractivity contribution < 1.29 is 9.84 Å². The lowest BCUT2D eigenvalue weighted by Crippen LogP contribution is -2.29. The highest BCUT2D eigenvalue weighted by atomic mass is 16.5. The van der Waals surface area contributed by atoms with Crippen LogP contribution in [0.2, 0.25) is 0 Å². The molecular weight excluding hydrogens is 256 g/mol. The first-order valence-corrected chi connectivity index (χ1v) is 6.76. The van der Waals surface area contributed by atoms with Gasteiger partial charge in [-0.15, -0.1) is 0 Å². The van der Waals surface area contributed by atoms with E-state index in [4.69, 9.17) is 4.74 Å². The summed E-state index contributed by atoms with van der Waals surface area (Å²) in [7, 11) is 3.70. The number of aromatic hydroxyl groups is 1. The van der Waals surface area contributed by atoms with Gasteiger partial charge in [-0.05, 0) is 39.0 Å². The maximum atomic E-state index is 9.91. The Morgan fingerprint density at radius 3 is 2.75 bits per heavy atom. The fraction of sp³-hybridized carbons (Fsp3) is 0.500. The lowest BCUT2D eigenvalue weighted by molar-refractivity contribution is 0.252. The minimum atomic E-state index is -0.0233. The molecule has 0 radical (unpaired) electrons. The molecule has 2 aromatic rings. The van der Waals surface area contributed by atoms with Gasteiger partial charge < -0.3 is 14.7 Å². The normalized spacial score (nSPS) is 17.5. The van der Waals surface area contributed by atoms with Crippen LogP contribution in [0, 0.1) is 0 Å². The van der Waals surface area contributed by atoms with E-state index in [9.17, 15) is 5.11 Å². The molecular formula is C14H18N4O2. The molecule has 0 amide bonds. The van der Waals surface area contributed by atoms with E-state index < -0.39 is 0 Å². The van der Waals surface area contributed by atoms with Crippen LogP contribution in [0.25, 0.3) is 10.9 Å². The lowest BCUT2D eigenvalue weighted by Gasteiger charge is -2.28. The number of nitrogens with zero attached hydrogens (tertiary/aromatic N) is 4. The number of piperidine rings is 1. The van der Waals surface area contributed by atoms with Crippen LogP contribution in [0.3, 0.4) is 0 Å². The van der Waals surface area contributed by atoms with Crippen LogP contribution >= 0.6 is 0 Å². The summed E-state index contributed by atoms with van der Waals surface area (Å²) >= 11 is 0. The predicted molar refractivity (Wildman–Crippen MR) is 75.0 cm³/mol. The molecule has 1 fully saturated rings. The molecule has 1 N–H and O–H groups in total. The Morgan fingerprint density at radius 1 is 1.30 bits per heavy atom. The van der Waals surface area contributed by atoms with Gasteiger partial charge in [-0.25, -0.2) is 15.0 Å². The summed E-state index contributed by atoms with van der Waals surface area (Å²) < 4.78 is 5.31. The molecule has 3 rings (SSSR count). The van der Waals surface area contributed by atoms with E-state index in [1.165, 1.54) is 6.33 Å². The molecule has 0 bridgehead atoms. The number of hydrogen-bond donors (Lipinski definition) is 1. The van der Waals surface area contributed by atoms with Gasteiger partial charge in [0.15, 0.2) is 0 Å². The Kier molecular flexibility index (Phi) is 3.40. The Morgan fingerprint density at radius 2 is 2.05 bits per heavy atom. The zero-order valence-electron chi connectivity index (χ0n) is 11.7. The molecule has 0 aromatic carbocycles. The van der Waals surface area contributed by atoms with E-state index in [2.05, 4.69) is 26.9 Å². The van der Waals surface area contributed by atoms with Crippen LogP contribution < -0.4 is 4.74 Å². The Balaban J connectivity index is 2.06. The predicted octanol–water partition coefficient (Wildman–Crippen LogP) is 1.55. The van der Waals surface area contributed by atoms with Gasteiger partial charge in [-0.3, -0.25) is 0 Å². The zero-order valence-corrected chi connectivity index (χ0v) is 11.7. The van der Waals surface area contributed by atoms with Crippen molar-refractivity contribution in [3.63, 3.8) is 0 Å². The van der Waals surface area contributed by atoms with Gasteiger partial charge in [0, 0.05) is 11.6 Å². The van der Waals surface area contributed by atoms with Crippen LogP contribution in [0.5, 0.6) is 11.8 Å². The maximum absolute atomic E-state index is 9.91. The van der Waals surface area contributed by atoms with E-state index in [1.807, 2.05) is 6.07 Å². The molecule has 6 nitrogen and oxygen atoms in total. The van der Waals surface area contributed by atoms with Gasteiger partial charge in [-0.2, -0.15) is 0 Å². The van der Waals surface area contributed by atoms with E-state index in [0.717, 1.165) is 31.6 Å². The molecule has 1 saturated heterocycles. The number of fused-ring (bicyclic) bond motifs is 1. The van der Waals surface area contributed by atoms with Crippen molar-refractivity contribution in [2.24, 2.45) is 0 Å². The van der Waals surface area contributed by atoms with E-state index in [0.29, 0.717) is 22.7 Å². The quantitative estimate of drug-likeness (QED) is 0.896. The molecule has 0 aliphatic carbocycles. The summed E-state index contributed by atoms with van der Waals surface area (Å²) in [5.74, 6) is 0.822. The van der Waals surface area contributed by atoms with Crippen molar-refractivity contribution in [3.05, 3.63) is 18.1 Å². The first-order valence-electron chi connectivity index (χ1n) is 6.76. The second kappa shape index (κ2) is 5.20. The summed E-state index contributed by atoms with van der Waals surface area (Å²) in [4.78, 5) is 14.9. The van der Waals surface area contributed by atoms with Crippen LogP contribution in [-0.2, 0) is 0 Å². The van der Waals surface area contributed by atoms with E-state index >= 15 is 0 Å². The highest BCUT2D eigenvalue weighted by Crippen LogP contribution is 2.33. The van der Waals surface area contributed by atoms with Crippen LogP contribution in [-0.4, -0.2) is 52.2 Å². The number of rotatable bonds is 2. The largest absolute Gasteiger partial charge is 0.493 e. The molecule has 0 spiro atoms. The summed E-state index contributed by atoms with van der Waals surface area (Å²) in [6.07, 6.45) is 3.44. The minimum absolute atomic E-state index is 0.0233. The first-order chi connectivity index (χ1) is 9.69. The van der Waals surface area contributed by atoms with Gasteiger partial charge in [-0.1, -0.05) is 0 Å². The van der Waals surface area contributed by atoms with Crippen LogP contribution in [0.1, 0.15) is 24.5 Å². The molecule has 2 aromatic heterocycles. The van der Waals surface area contributed by atoms with E-state index in [1.54, 1.807) is 7.11 Å². The molecule has 3 heterocycles. The molecule has 20 heavy (non-hydrogen) atoms. The van der Waals surface area contributed by atoms with Crippen molar-refractivity contribution >= 4 is 10.9 Å². The van der Waals surface area contributed by atoms with Gasteiger partial charge in [0.05, 0.1) is 12.5 Å². The summed E-state index contributed by atoms with van der Waals surface area (Å²) in [5.41, 5.74) is 1.50. The van der Waals surface area contributed by atoms with Gasteiger partial charge in [0.2, 0.25) is 11.8 Å². The van der Waals surface area contributed by atoms with Gasteiger partial charge in [0.1, 0.15) is 11.8 Å². The molecule has 106 valence electrons. The number of pyridine rings is 1. The third-order valence-corrected chi connectivity index (χ3v) is 3.92. The highest BCUT2D eigenvalue weighted by molar-refractivity contribution is 5.87. The molecule has 0 unspecified atom stereocenters. The minimum Gasteiger partial charge on any atom is -0.493 e. The average molecular weight is 274 g/mol. The Bertz CT molecular complexity index is 624. The monoisotopic (exact) mass is 274 g/mol. The van der Waals surface area contributed by atoms with E-state index in [-0.39, 0.29) is 5.88 Å². The molecule has 1 aliphatic heterocycles. The second-order valence-electron chi connectivity index (χ2n) is 5.23. The number of hydrogen-bond acceptors (Lipinski definition) is 6. The SMILES string of the molecule is COc1nc(C2CCN(C)CC2)cc2c(O)ncnc12. The fourth-order valence-electron chi connectivity index (χ4n) is 2.70. The number of ether oxygens (including phenoxy) is 1. The van der Waals surface area contributed by atoms with Crippen molar-refractivity contribution in [3.8, 4) is 11.8 Å². The number of likely N-dealkylation sites (tertiary alicyclic amines) is 1. The molecule has 1 aliphatic rings. The van der Waals surface area contributed by atoms with Crippen molar-refractivity contribution in [1.82, 2.24) is 19.9 Å². The Labute approximate surface area is 117 Å². The molecule has 6 heteroatoms. The number of aromatic nitrogens is 3. The second-order valence-corrected chi connectivity index (χ2v) is 5.23. The number of methoxy groups -OCH3 is 1. The van der Waals surface area contributed by atoms with Crippen LogP contribution in [0.15, 0.2) is 12.4 Å². The zero-order chi connectivity index (χ0) is 14.1. The van der Waals surface area contributed by atoms with Crippen molar-refractivity contribution in [2.75, 3.05) is 27.2 Å². The molecule has 0 saturated carbocycles. The topological polar surface area (TPSA) is 71.4 Å².